The number of hydrogen-bond donors (Lipinski definition) is 2. The van der Waals surface area contributed by atoms with Crippen LogP contribution in [0.2, 0.25) is 0 Å². The van der Waals surface area contributed by atoms with Gasteiger partial charge >= 0.3 is 48.0 Å². The summed E-state index contributed by atoms with van der Waals surface area (Å²) in [5.74, 6) is 4.34. The predicted molar refractivity (Wildman–Crippen MR) is 432 cm³/mol. The van der Waals surface area contributed by atoms with E-state index in [0.29, 0.717) is 91.8 Å². The molecule has 1 aromatic carbocycles. The number of benzene rings is 1. The van der Waals surface area contributed by atoms with E-state index >= 15 is 0 Å². The number of halogens is 4. The molecule has 19 fully saturated rings. The van der Waals surface area contributed by atoms with Crippen LogP contribution in [-0.2, 0) is 86.4 Å². The minimum absolute atomic E-state index is 0.00835. The Morgan fingerprint density at radius 1 is 0.479 bits per heavy atom. The molecule has 16 bridgehead atoms. The van der Waals surface area contributed by atoms with Gasteiger partial charge < -0.3 is 48.1 Å². The van der Waals surface area contributed by atoms with Crippen LogP contribution in [0, 0.1) is 138 Å². The number of carbonyl (C=O) groups is 6. The minimum Gasteiger partial charge on any atom is -0.465 e. The lowest BCUT2D eigenvalue weighted by molar-refractivity contribution is -0.316. The first-order valence-corrected chi connectivity index (χ1v) is 45.9. The van der Waals surface area contributed by atoms with Gasteiger partial charge in [-0.15, -0.1) is 0 Å². The molecule has 20 rings (SSSR count). The van der Waals surface area contributed by atoms with E-state index in [0.717, 1.165) is 88.9 Å². The maximum Gasteiger partial charge on any atom is 0.360 e. The minimum atomic E-state index is -3.37. The molecule has 664 valence electrons. The zero-order valence-corrected chi connectivity index (χ0v) is 74.9. The number of esters is 6. The second kappa shape index (κ2) is 33.9. The van der Waals surface area contributed by atoms with Gasteiger partial charge in [0, 0.05) is 29.1 Å². The fourth-order valence-corrected chi connectivity index (χ4v) is 26.4. The molecule has 3 saturated heterocycles. The molecule has 16 aliphatic carbocycles. The number of fused-ring (bicyclic) bond motifs is 2. The van der Waals surface area contributed by atoms with Crippen molar-refractivity contribution >= 4 is 45.9 Å². The molecule has 17 unspecified atom stereocenters. The Kier molecular flexibility index (Phi) is 27.0. The summed E-state index contributed by atoms with van der Waals surface area (Å²) in [5, 5.41) is 20.5. The lowest BCUT2D eigenvalue weighted by Gasteiger charge is -2.62. The van der Waals surface area contributed by atoms with Gasteiger partial charge in [-0.1, -0.05) is 85.7 Å². The Bertz CT molecular complexity index is 3760. The van der Waals surface area contributed by atoms with E-state index in [9.17, 15) is 65.0 Å². The van der Waals surface area contributed by atoms with E-state index in [1.165, 1.54) is 92.1 Å². The SMILES string of the molecule is CC.CC(C)(C)C(=O)OCC12CC3CC(C1)CC(c1ccccc1)(C3)C2.CC(C)(C)C(=O)OCC1C2CC3C(=O)OC1C3C2.CC(C)(C)C(=O)OCC1C2CC3C1OS(=O)(=O)C3C2.CC(C)(C)C(=O)OCC1CCOC1=O.CC(C)(C)C(F)(F)OCC12CC3CC(C1)C(O)C(C3)C2.CC(C)(C)C(F)(F)OCC12CC3CC(CC(O)(C3)C1)C2. The molecule has 0 amide bonds. The molecule has 0 radical (unpaired) electrons. The molecule has 2 N–H and O–H groups in total. The average molecular weight is 1670 g/mol. The number of hydrogen-bond acceptors (Lipinski definition) is 19. The summed E-state index contributed by atoms with van der Waals surface area (Å²) in [4.78, 5) is 69.8. The number of alkyl halides is 4. The van der Waals surface area contributed by atoms with Crippen molar-refractivity contribution in [1.82, 2.24) is 0 Å². The summed E-state index contributed by atoms with van der Waals surface area (Å²) in [6.45, 7) is 37.3. The van der Waals surface area contributed by atoms with Gasteiger partial charge in [-0.3, -0.25) is 33.0 Å². The standard InChI is InChI=1S/C22H30O2.2C16H26F2O2.C14H20O4.C13H20O5S.C10H16O4.C2H6/c1-20(2,3)19(23)24-15-21-10-16-9-17(11-21)13-22(12-16,14-21)18-7-5-4-6-8-18;1-13(2,3)16(17,18)20-10-14-5-11-4-12(6-14)8-15(19,7-11)9-14;1-14(2,3)16(17,18)20-9-15-6-10-4-11(7-15)13(19)12(5-10)8-15;1-14(2,3)13(16)17-6-10-7-4-8-9(5-7)12(15)18-11(8)10;1-13(2,3)12(14)17-6-9-7-4-8-10(5-7)19(15,16)18-11(8)9;1-10(2,3)9(12)14-6-7-4-5-13-8(7)11;1-2/h4-8,16-17H,9-15H2,1-3H3;11-12,19H,4-10H2,1-3H3;10-13,19H,4-9H2,1-3H3;7-11H,4-6H2,1-3H3;7-11H,4-6H2,1-3H3;7H,4-6H2,1-3H3;1-2H3. The first kappa shape index (κ1) is 93.2. The van der Waals surface area contributed by atoms with E-state index in [4.69, 9.17) is 42.1 Å². The molecule has 19 nitrogen and oxygen atoms in total. The van der Waals surface area contributed by atoms with Gasteiger partial charge in [0.25, 0.3) is 10.1 Å². The van der Waals surface area contributed by atoms with Crippen LogP contribution in [-0.4, -0.2) is 142 Å². The molecule has 24 heteroatoms. The molecule has 16 saturated carbocycles. The molecule has 3 heterocycles. The smallest absolute Gasteiger partial charge is 0.360 e. The highest BCUT2D eigenvalue weighted by atomic mass is 32.2. The van der Waals surface area contributed by atoms with Gasteiger partial charge in [-0.05, 0) is 299 Å². The highest BCUT2D eigenvalue weighted by Gasteiger charge is 2.66. The lowest BCUT2D eigenvalue weighted by Crippen LogP contribution is -2.57. The van der Waals surface area contributed by atoms with Crippen LogP contribution >= 0.6 is 0 Å². The largest absolute Gasteiger partial charge is 0.465 e. The van der Waals surface area contributed by atoms with Crippen LogP contribution in [0.3, 0.4) is 0 Å². The van der Waals surface area contributed by atoms with Gasteiger partial charge in [-0.25, -0.2) is 0 Å². The van der Waals surface area contributed by atoms with Crippen LogP contribution < -0.4 is 0 Å². The molecule has 3 aliphatic heterocycles. The monoisotopic (exact) mass is 1670 g/mol. The fourth-order valence-electron chi connectivity index (χ4n) is 24.5. The number of carbonyl (C=O) groups excluding carboxylic acids is 6. The summed E-state index contributed by atoms with van der Waals surface area (Å²) in [6, 6.07) is 11.1. The highest BCUT2D eigenvalue weighted by molar-refractivity contribution is 7.87. The van der Waals surface area contributed by atoms with Crippen molar-refractivity contribution in [3.05, 3.63) is 35.9 Å². The maximum absolute atomic E-state index is 14.0. The van der Waals surface area contributed by atoms with E-state index in [2.05, 4.69) is 30.3 Å². The molecule has 1 aromatic rings. The van der Waals surface area contributed by atoms with Crippen LogP contribution in [0.4, 0.5) is 17.6 Å². The molecule has 19 aliphatic rings. The summed E-state index contributed by atoms with van der Waals surface area (Å²) < 4.78 is 127. The Morgan fingerprint density at radius 3 is 1.38 bits per heavy atom. The molecule has 117 heavy (non-hydrogen) atoms. The third-order valence-corrected chi connectivity index (χ3v) is 31.2. The third-order valence-electron chi connectivity index (χ3n) is 29.5. The summed E-state index contributed by atoms with van der Waals surface area (Å²) in [6.07, 6.45) is 15.7. The van der Waals surface area contributed by atoms with Crippen molar-refractivity contribution in [1.29, 1.82) is 0 Å². The number of aliphatic hydroxyl groups excluding tert-OH is 1. The quantitative estimate of drug-likeness (QED) is 0.0715. The summed E-state index contributed by atoms with van der Waals surface area (Å²) in [5.41, 5.74) is -3.12. The molecular formula is C93H144F4O19S. The number of cyclic esters (lactones) is 1. The van der Waals surface area contributed by atoms with Crippen LogP contribution in [0.5, 0.6) is 0 Å². The van der Waals surface area contributed by atoms with Gasteiger partial charge in [0.2, 0.25) is 0 Å². The van der Waals surface area contributed by atoms with Crippen molar-refractivity contribution < 1.29 is 107 Å². The Labute approximate surface area is 695 Å². The second-order valence-corrected chi connectivity index (χ2v) is 47.4. The van der Waals surface area contributed by atoms with E-state index in [1.807, 2.05) is 76.2 Å². The number of aliphatic hydroxyl groups is 2. The lowest BCUT2D eigenvalue weighted by atomic mass is 9.43. The van der Waals surface area contributed by atoms with Gasteiger partial charge in [0.15, 0.2) is 0 Å². The number of ether oxygens (including phenoxy) is 8. The molecular weight excluding hydrogens is 1530 g/mol. The zero-order valence-electron chi connectivity index (χ0n) is 74.1. The molecule has 0 spiro atoms. The summed E-state index contributed by atoms with van der Waals surface area (Å²) in [7, 11) is -3.37. The third kappa shape index (κ3) is 20.6. The first-order chi connectivity index (χ1) is 53.9. The molecule has 17 atom stereocenters. The van der Waals surface area contributed by atoms with Crippen molar-refractivity contribution in [3.63, 3.8) is 0 Å². The Hall–Kier alpha value is -4.49. The Morgan fingerprint density at radius 2 is 0.915 bits per heavy atom. The van der Waals surface area contributed by atoms with Crippen molar-refractivity contribution in [3.8, 4) is 0 Å². The number of rotatable bonds is 15. The second-order valence-electron chi connectivity index (χ2n) is 45.6. The predicted octanol–water partition coefficient (Wildman–Crippen LogP) is 18.2. The topological polar surface area (TPSA) is 260 Å². The molecule has 0 aromatic heterocycles. The summed E-state index contributed by atoms with van der Waals surface area (Å²) >= 11 is 0. The first-order valence-electron chi connectivity index (χ1n) is 44.4. The van der Waals surface area contributed by atoms with E-state index < -0.39 is 60.4 Å². The van der Waals surface area contributed by atoms with Crippen molar-refractivity contribution in [2.45, 2.75) is 327 Å². The van der Waals surface area contributed by atoms with Crippen molar-refractivity contribution in [2.75, 3.05) is 46.2 Å². The van der Waals surface area contributed by atoms with Gasteiger partial charge in [-0.2, -0.15) is 26.0 Å². The maximum atomic E-state index is 14.0. The Balaban J connectivity index is 0.000000138. The van der Waals surface area contributed by atoms with Crippen LogP contribution in [0.1, 0.15) is 285 Å². The van der Waals surface area contributed by atoms with E-state index in [-0.39, 0.29) is 132 Å². The normalized spacial score (nSPS) is 38.7. The van der Waals surface area contributed by atoms with Gasteiger partial charge in [0.1, 0.15) is 12.7 Å². The highest BCUT2D eigenvalue weighted by Crippen LogP contribution is 2.68. The average Bonchev–Trinajstić information content (AvgIpc) is 1.70. The van der Waals surface area contributed by atoms with Gasteiger partial charge in [0.05, 0.1) is 107 Å². The zero-order chi connectivity index (χ0) is 86.4. The van der Waals surface area contributed by atoms with Crippen LogP contribution in [0.15, 0.2) is 30.3 Å². The fraction of sp³-hybridized carbons (Fsp3) is 0.871. The van der Waals surface area contributed by atoms with Crippen molar-refractivity contribution in [2.24, 2.45) is 138 Å². The van der Waals surface area contributed by atoms with E-state index in [1.54, 1.807) is 20.8 Å². The van der Waals surface area contributed by atoms with Crippen LogP contribution in [0.25, 0.3) is 0 Å².